The van der Waals surface area contributed by atoms with Crippen molar-refractivity contribution in [3.05, 3.63) is 5.82 Å². The largest absolute Gasteiger partial charge is 0.481 e. The van der Waals surface area contributed by atoms with Crippen molar-refractivity contribution in [2.45, 2.75) is 31.4 Å². The molecule has 112 valence electrons. The van der Waals surface area contributed by atoms with Gasteiger partial charge in [-0.05, 0) is 16.8 Å². The molecule has 0 aliphatic carbocycles. The third-order valence-corrected chi connectivity index (χ3v) is 5.04. The highest BCUT2D eigenvalue weighted by atomic mass is 32.2. The molecule has 1 saturated heterocycles. The number of carboxylic acids is 1. The summed E-state index contributed by atoms with van der Waals surface area (Å²) in [6.07, 6.45) is -0.245. The van der Waals surface area contributed by atoms with E-state index in [0.29, 0.717) is 12.2 Å². The molecule has 1 aromatic rings. The molecule has 2 rings (SSSR count). The molecule has 0 radical (unpaired) electrons. The van der Waals surface area contributed by atoms with E-state index in [1.807, 2.05) is 0 Å². The van der Waals surface area contributed by atoms with Crippen LogP contribution in [0.15, 0.2) is 0 Å². The van der Waals surface area contributed by atoms with E-state index in [2.05, 4.69) is 15.5 Å². The van der Waals surface area contributed by atoms with E-state index >= 15 is 0 Å². The Labute approximate surface area is 115 Å². The van der Waals surface area contributed by atoms with Crippen molar-refractivity contribution in [1.29, 1.82) is 0 Å². The van der Waals surface area contributed by atoms with Gasteiger partial charge in [0.15, 0.2) is 15.7 Å². The Hall–Kier alpha value is -1.55. The summed E-state index contributed by atoms with van der Waals surface area (Å²) < 4.78 is 29.5. The predicted octanol–water partition coefficient (Wildman–Crippen LogP) is -0.935. The van der Waals surface area contributed by atoms with Crippen molar-refractivity contribution in [3.8, 4) is 0 Å². The van der Waals surface area contributed by atoms with Gasteiger partial charge in [-0.3, -0.25) is 4.79 Å². The zero-order valence-electron chi connectivity index (χ0n) is 11.0. The third kappa shape index (κ3) is 3.51. The average Bonchev–Trinajstić information content (AvgIpc) is 2.94. The van der Waals surface area contributed by atoms with Crippen molar-refractivity contribution < 1.29 is 23.1 Å². The molecule has 0 saturated carbocycles. The Bertz CT molecular complexity index is 584. The van der Waals surface area contributed by atoms with Crippen molar-refractivity contribution in [1.82, 2.24) is 20.2 Å². The van der Waals surface area contributed by atoms with Crippen LogP contribution < -0.4 is 0 Å². The summed E-state index contributed by atoms with van der Waals surface area (Å²) in [6, 6.07) is 0. The molecular formula is C10H16N4O5S. The zero-order chi connectivity index (χ0) is 14.8. The van der Waals surface area contributed by atoms with E-state index in [-0.39, 0.29) is 30.4 Å². The van der Waals surface area contributed by atoms with Crippen LogP contribution in [0.25, 0.3) is 0 Å². The van der Waals surface area contributed by atoms with Crippen LogP contribution in [0.3, 0.4) is 0 Å². The van der Waals surface area contributed by atoms with Gasteiger partial charge < -0.3 is 9.84 Å². The van der Waals surface area contributed by atoms with E-state index < -0.39 is 21.9 Å². The number of hydrogen-bond donors (Lipinski definition) is 1. The number of carbonyl (C=O) groups is 1. The minimum atomic E-state index is -3.03. The first-order chi connectivity index (χ1) is 9.41. The fourth-order valence-electron chi connectivity index (χ4n) is 2.24. The summed E-state index contributed by atoms with van der Waals surface area (Å²) in [7, 11) is -1.61. The molecule has 1 aromatic heterocycles. The van der Waals surface area contributed by atoms with Crippen LogP contribution in [0.2, 0.25) is 0 Å². The third-order valence-electron chi connectivity index (χ3n) is 3.27. The minimum Gasteiger partial charge on any atom is -0.481 e. The lowest BCUT2D eigenvalue weighted by Crippen LogP contribution is -2.25. The lowest BCUT2D eigenvalue weighted by molar-refractivity contribution is -0.140. The highest BCUT2D eigenvalue weighted by Crippen LogP contribution is 2.27. The van der Waals surface area contributed by atoms with Crippen LogP contribution >= 0.6 is 0 Å². The van der Waals surface area contributed by atoms with E-state index in [0.717, 1.165) is 0 Å². The van der Waals surface area contributed by atoms with Crippen LogP contribution in [0.4, 0.5) is 0 Å². The Morgan fingerprint density at radius 3 is 2.90 bits per heavy atom. The molecule has 1 N–H and O–H groups in total. The predicted molar refractivity (Wildman–Crippen MR) is 66.9 cm³/mol. The number of rotatable bonds is 6. The summed E-state index contributed by atoms with van der Waals surface area (Å²) >= 11 is 0. The number of aromatic nitrogens is 4. The number of nitrogens with zero attached hydrogens (tertiary/aromatic N) is 4. The standard InChI is InChI=1S/C10H16N4O5S/c1-19-8(4-9(15)16)5-14-10(11-12-13-14)7-2-3-20(17,18)6-7/h7-8H,2-6H2,1H3,(H,15,16). The van der Waals surface area contributed by atoms with Gasteiger partial charge in [-0.2, -0.15) is 0 Å². The van der Waals surface area contributed by atoms with E-state index in [4.69, 9.17) is 9.84 Å². The monoisotopic (exact) mass is 304 g/mol. The van der Waals surface area contributed by atoms with Crippen molar-refractivity contribution in [2.24, 2.45) is 0 Å². The van der Waals surface area contributed by atoms with Gasteiger partial charge in [0.25, 0.3) is 0 Å². The summed E-state index contributed by atoms with van der Waals surface area (Å²) in [5.74, 6) is -0.581. The second-order valence-corrected chi connectivity index (χ2v) is 7.00. The van der Waals surface area contributed by atoms with Gasteiger partial charge >= 0.3 is 5.97 Å². The fraction of sp³-hybridized carbons (Fsp3) is 0.800. The molecule has 2 heterocycles. The number of tetrazole rings is 1. The average molecular weight is 304 g/mol. The molecule has 0 spiro atoms. The minimum absolute atomic E-state index is 0.0317. The maximum Gasteiger partial charge on any atom is 0.306 e. The highest BCUT2D eigenvalue weighted by Gasteiger charge is 2.33. The molecule has 9 nitrogen and oxygen atoms in total. The number of aliphatic carboxylic acids is 1. The molecule has 1 fully saturated rings. The molecule has 1 aliphatic rings. The lowest BCUT2D eigenvalue weighted by atomic mass is 10.1. The van der Waals surface area contributed by atoms with Gasteiger partial charge in [-0.1, -0.05) is 0 Å². The van der Waals surface area contributed by atoms with E-state index in [1.165, 1.54) is 11.8 Å². The second kappa shape index (κ2) is 5.83. The molecule has 0 bridgehead atoms. The lowest BCUT2D eigenvalue weighted by Gasteiger charge is -2.15. The molecular weight excluding hydrogens is 288 g/mol. The molecule has 1 aliphatic heterocycles. The maximum absolute atomic E-state index is 11.5. The molecule has 0 amide bonds. The molecule has 0 aromatic carbocycles. The SMILES string of the molecule is COC(CC(=O)O)Cn1nnnc1C1CCS(=O)(=O)C1. The topological polar surface area (TPSA) is 124 Å². The van der Waals surface area contributed by atoms with Crippen LogP contribution in [0.5, 0.6) is 0 Å². The van der Waals surface area contributed by atoms with Crippen LogP contribution in [-0.4, -0.2) is 64.4 Å². The van der Waals surface area contributed by atoms with Gasteiger partial charge in [-0.25, -0.2) is 13.1 Å². The Kier molecular flexibility index (Phi) is 4.33. The van der Waals surface area contributed by atoms with Gasteiger partial charge in [0.1, 0.15) is 0 Å². The van der Waals surface area contributed by atoms with Crippen molar-refractivity contribution >= 4 is 15.8 Å². The fourth-order valence-corrected chi connectivity index (χ4v) is 3.98. The summed E-state index contributed by atoms with van der Waals surface area (Å²) in [4.78, 5) is 10.7. The van der Waals surface area contributed by atoms with Crippen LogP contribution in [-0.2, 0) is 25.9 Å². The van der Waals surface area contributed by atoms with Gasteiger partial charge in [0.05, 0.1) is 30.6 Å². The molecule has 2 atom stereocenters. The molecule has 2 unspecified atom stereocenters. The van der Waals surface area contributed by atoms with E-state index in [9.17, 15) is 13.2 Å². The molecule has 20 heavy (non-hydrogen) atoms. The summed E-state index contributed by atoms with van der Waals surface area (Å²) in [5, 5.41) is 20.0. The van der Waals surface area contributed by atoms with Crippen molar-refractivity contribution in [3.63, 3.8) is 0 Å². The second-order valence-electron chi connectivity index (χ2n) is 4.77. The van der Waals surface area contributed by atoms with Gasteiger partial charge in [0, 0.05) is 13.0 Å². The van der Waals surface area contributed by atoms with Gasteiger partial charge in [-0.15, -0.1) is 5.10 Å². The normalized spacial score (nSPS) is 22.8. The quantitative estimate of drug-likeness (QED) is 0.714. The Morgan fingerprint density at radius 1 is 1.60 bits per heavy atom. The smallest absolute Gasteiger partial charge is 0.306 e. The maximum atomic E-state index is 11.5. The number of sulfone groups is 1. The number of ether oxygens (including phenoxy) is 1. The van der Waals surface area contributed by atoms with Gasteiger partial charge in [0.2, 0.25) is 0 Å². The Balaban J connectivity index is 2.10. The highest BCUT2D eigenvalue weighted by molar-refractivity contribution is 7.91. The van der Waals surface area contributed by atoms with Crippen LogP contribution in [0, 0.1) is 0 Å². The zero-order valence-corrected chi connectivity index (χ0v) is 11.8. The number of methoxy groups -OCH3 is 1. The van der Waals surface area contributed by atoms with E-state index in [1.54, 1.807) is 0 Å². The first-order valence-corrected chi connectivity index (χ1v) is 7.94. The van der Waals surface area contributed by atoms with Crippen LogP contribution in [0.1, 0.15) is 24.6 Å². The van der Waals surface area contributed by atoms with Crippen molar-refractivity contribution in [2.75, 3.05) is 18.6 Å². The number of hydrogen-bond acceptors (Lipinski definition) is 7. The summed E-state index contributed by atoms with van der Waals surface area (Å²) in [5.41, 5.74) is 0. The summed E-state index contributed by atoms with van der Waals surface area (Å²) in [6.45, 7) is 0.182. The Morgan fingerprint density at radius 2 is 2.35 bits per heavy atom. The molecule has 10 heteroatoms. The number of carboxylic acid groups (broad SMARTS) is 1. The first-order valence-electron chi connectivity index (χ1n) is 6.12. The first kappa shape index (κ1) is 14.9.